The highest BCUT2D eigenvalue weighted by molar-refractivity contribution is 6.04. The number of amides is 1. The van der Waals surface area contributed by atoms with Crippen LogP contribution in [-0.4, -0.2) is 28.8 Å². The molecule has 2 heterocycles. The summed E-state index contributed by atoms with van der Waals surface area (Å²) in [5.41, 5.74) is 1.52. The molecule has 5 nitrogen and oxygen atoms in total. The average molecular weight is 428 g/mol. The smallest absolute Gasteiger partial charge is 0.372 e. The molecule has 3 aromatic rings. The third kappa shape index (κ3) is 4.90. The van der Waals surface area contributed by atoms with Crippen molar-refractivity contribution in [2.24, 2.45) is 0 Å². The molecule has 0 saturated carbocycles. The Hall–Kier alpha value is -3.29. The highest BCUT2D eigenvalue weighted by Crippen LogP contribution is 2.30. The molecule has 1 aliphatic heterocycles. The summed E-state index contributed by atoms with van der Waals surface area (Å²) in [5, 5.41) is 6.57. The zero-order valence-corrected chi connectivity index (χ0v) is 16.9. The largest absolute Gasteiger partial charge is 0.433 e. The number of halogens is 3. The molecule has 1 amide bonds. The molecule has 162 valence electrons. The summed E-state index contributed by atoms with van der Waals surface area (Å²) >= 11 is 0. The van der Waals surface area contributed by atoms with Crippen molar-refractivity contribution in [1.29, 1.82) is 0 Å². The van der Waals surface area contributed by atoms with Gasteiger partial charge in [0.25, 0.3) is 5.91 Å². The fraction of sp³-hybridized carbons (Fsp3) is 0.304. The predicted molar refractivity (Wildman–Crippen MR) is 114 cm³/mol. The van der Waals surface area contributed by atoms with Crippen LogP contribution in [0.15, 0.2) is 60.8 Å². The summed E-state index contributed by atoms with van der Waals surface area (Å²) in [6, 6.07) is 14.5. The third-order valence-corrected chi connectivity index (χ3v) is 5.40. The van der Waals surface area contributed by atoms with Crippen molar-refractivity contribution >= 4 is 17.3 Å². The molecule has 1 aromatic heterocycles. The van der Waals surface area contributed by atoms with Gasteiger partial charge in [-0.2, -0.15) is 18.3 Å². The molecule has 0 radical (unpaired) electrons. The first-order chi connectivity index (χ1) is 14.9. The molecule has 0 spiro atoms. The molecule has 1 saturated heterocycles. The Kier molecular flexibility index (Phi) is 5.97. The summed E-state index contributed by atoms with van der Waals surface area (Å²) in [6.07, 6.45) is 1.50. The van der Waals surface area contributed by atoms with Gasteiger partial charge >= 0.3 is 6.18 Å². The second-order valence-electron chi connectivity index (χ2n) is 7.58. The molecule has 2 aromatic carbocycles. The van der Waals surface area contributed by atoms with Crippen molar-refractivity contribution in [2.45, 2.75) is 31.9 Å². The van der Waals surface area contributed by atoms with Crippen LogP contribution in [0.25, 0.3) is 5.69 Å². The molecular formula is C23H23F3N4O. The number of hydrogen-bond donors (Lipinski definition) is 1. The van der Waals surface area contributed by atoms with Gasteiger partial charge < -0.3 is 10.2 Å². The van der Waals surface area contributed by atoms with Crippen LogP contribution in [-0.2, 0) is 6.18 Å². The van der Waals surface area contributed by atoms with Crippen LogP contribution < -0.4 is 10.2 Å². The second kappa shape index (κ2) is 8.83. The molecule has 0 atom stereocenters. The summed E-state index contributed by atoms with van der Waals surface area (Å²) in [7, 11) is 0. The van der Waals surface area contributed by atoms with E-state index in [-0.39, 0.29) is 11.6 Å². The number of carbonyl (C=O) groups excluding carboxylic acids is 1. The summed E-state index contributed by atoms with van der Waals surface area (Å²) < 4.78 is 40.0. The van der Waals surface area contributed by atoms with Crippen LogP contribution in [0.3, 0.4) is 0 Å². The summed E-state index contributed by atoms with van der Waals surface area (Å²) in [4.78, 5) is 14.9. The quantitative estimate of drug-likeness (QED) is 0.595. The minimum atomic E-state index is -4.51. The number of aromatic nitrogens is 2. The van der Waals surface area contributed by atoms with E-state index in [1.165, 1.54) is 49.9 Å². The van der Waals surface area contributed by atoms with Crippen molar-refractivity contribution in [3.63, 3.8) is 0 Å². The number of rotatable bonds is 4. The van der Waals surface area contributed by atoms with Crippen molar-refractivity contribution in [3.05, 3.63) is 72.1 Å². The fourth-order valence-electron chi connectivity index (χ4n) is 3.77. The molecule has 31 heavy (non-hydrogen) atoms. The lowest BCUT2D eigenvalue weighted by Gasteiger charge is -2.22. The van der Waals surface area contributed by atoms with E-state index < -0.39 is 11.9 Å². The molecule has 1 aliphatic rings. The Morgan fingerprint density at radius 1 is 0.839 bits per heavy atom. The fourth-order valence-corrected chi connectivity index (χ4v) is 3.77. The molecule has 4 rings (SSSR count). The minimum absolute atomic E-state index is 0.232. The number of nitrogens with one attached hydrogen (secondary N) is 1. The van der Waals surface area contributed by atoms with Gasteiger partial charge in [0.2, 0.25) is 0 Å². The lowest BCUT2D eigenvalue weighted by atomic mass is 10.2. The SMILES string of the molecule is O=C(Nc1ccc(N2CCCCCC2)cc1)c1ccc(-n2nccc2C(F)(F)F)cc1. The van der Waals surface area contributed by atoms with Gasteiger partial charge in [0, 0.05) is 30.0 Å². The first-order valence-electron chi connectivity index (χ1n) is 10.3. The van der Waals surface area contributed by atoms with Crippen LogP contribution in [0.1, 0.15) is 41.7 Å². The molecule has 1 fully saturated rings. The normalized spacial score (nSPS) is 14.9. The zero-order chi connectivity index (χ0) is 21.8. The van der Waals surface area contributed by atoms with E-state index in [0.717, 1.165) is 35.7 Å². The molecule has 0 aliphatic carbocycles. The Labute approximate surface area is 178 Å². The predicted octanol–water partition coefficient (Wildman–Crippen LogP) is 5.52. The zero-order valence-electron chi connectivity index (χ0n) is 16.9. The van der Waals surface area contributed by atoms with E-state index in [2.05, 4.69) is 15.3 Å². The van der Waals surface area contributed by atoms with E-state index in [1.54, 1.807) is 0 Å². The van der Waals surface area contributed by atoms with Crippen molar-refractivity contribution < 1.29 is 18.0 Å². The van der Waals surface area contributed by atoms with Gasteiger partial charge in [-0.25, -0.2) is 4.68 Å². The molecular weight excluding hydrogens is 405 g/mol. The molecule has 8 heteroatoms. The van der Waals surface area contributed by atoms with Crippen LogP contribution in [0.2, 0.25) is 0 Å². The van der Waals surface area contributed by atoms with E-state index in [0.29, 0.717) is 11.3 Å². The van der Waals surface area contributed by atoms with E-state index in [1.807, 2.05) is 24.3 Å². The number of alkyl halides is 3. The molecule has 0 bridgehead atoms. The van der Waals surface area contributed by atoms with E-state index in [4.69, 9.17) is 0 Å². The van der Waals surface area contributed by atoms with Crippen LogP contribution >= 0.6 is 0 Å². The molecule has 0 unspecified atom stereocenters. The lowest BCUT2D eigenvalue weighted by molar-refractivity contribution is -0.142. The van der Waals surface area contributed by atoms with Crippen molar-refractivity contribution in [1.82, 2.24) is 9.78 Å². The van der Waals surface area contributed by atoms with Gasteiger partial charge in [0.1, 0.15) is 5.69 Å². The monoisotopic (exact) mass is 428 g/mol. The van der Waals surface area contributed by atoms with E-state index >= 15 is 0 Å². The second-order valence-corrected chi connectivity index (χ2v) is 7.58. The van der Waals surface area contributed by atoms with Crippen LogP contribution in [0.5, 0.6) is 0 Å². The lowest BCUT2D eigenvalue weighted by Crippen LogP contribution is -2.23. The summed E-state index contributed by atoms with van der Waals surface area (Å²) in [5.74, 6) is -0.328. The maximum atomic E-state index is 13.1. The van der Waals surface area contributed by atoms with Crippen LogP contribution in [0.4, 0.5) is 24.5 Å². The van der Waals surface area contributed by atoms with Gasteiger partial charge in [-0.15, -0.1) is 0 Å². The first kappa shape index (κ1) is 21.0. The maximum Gasteiger partial charge on any atom is 0.433 e. The number of carbonyl (C=O) groups is 1. The number of nitrogens with zero attached hydrogens (tertiary/aromatic N) is 3. The minimum Gasteiger partial charge on any atom is -0.372 e. The maximum absolute atomic E-state index is 13.1. The van der Waals surface area contributed by atoms with Gasteiger partial charge in [-0.1, -0.05) is 12.8 Å². The summed E-state index contributed by atoms with van der Waals surface area (Å²) in [6.45, 7) is 2.09. The van der Waals surface area contributed by atoms with Gasteiger partial charge in [-0.05, 0) is 67.4 Å². The number of benzene rings is 2. The highest BCUT2D eigenvalue weighted by Gasteiger charge is 2.35. The first-order valence-corrected chi connectivity index (χ1v) is 10.3. The van der Waals surface area contributed by atoms with E-state index in [9.17, 15) is 18.0 Å². The number of anilines is 2. The number of hydrogen-bond acceptors (Lipinski definition) is 3. The average Bonchev–Trinajstić information content (AvgIpc) is 3.11. The Balaban J connectivity index is 1.43. The Morgan fingerprint density at radius 2 is 1.45 bits per heavy atom. The Bertz CT molecular complexity index is 1020. The van der Waals surface area contributed by atoms with Crippen LogP contribution in [0, 0.1) is 0 Å². The van der Waals surface area contributed by atoms with Gasteiger partial charge in [0.15, 0.2) is 0 Å². The van der Waals surface area contributed by atoms with Crippen molar-refractivity contribution in [2.75, 3.05) is 23.3 Å². The van der Waals surface area contributed by atoms with Gasteiger partial charge in [-0.3, -0.25) is 4.79 Å². The third-order valence-electron chi connectivity index (χ3n) is 5.40. The highest BCUT2D eigenvalue weighted by atomic mass is 19.4. The van der Waals surface area contributed by atoms with Gasteiger partial charge in [0.05, 0.1) is 11.9 Å². The molecule has 1 N–H and O–H groups in total. The standard InChI is InChI=1S/C23H23F3N4O/c24-23(25,26)21-13-14-27-30(21)20-9-5-17(6-10-20)22(31)28-18-7-11-19(12-8-18)29-15-3-1-2-4-16-29/h5-14H,1-4,15-16H2,(H,28,31). The Morgan fingerprint density at radius 3 is 2.06 bits per heavy atom. The van der Waals surface area contributed by atoms with Crippen molar-refractivity contribution in [3.8, 4) is 5.69 Å². The topological polar surface area (TPSA) is 50.2 Å².